The summed E-state index contributed by atoms with van der Waals surface area (Å²) in [5.41, 5.74) is 0.214. The van der Waals surface area contributed by atoms with Crippen molar-refractivity contribution in [3.63, 3.8) is 0 Å². The quantitative estimate of drug-likeness (QED) is 0.599. The summed E-state index contributed by atoms with van der Waals surface area (Å²) in [7, 11) is 0. The summed E-state index contributed by atoms with van der Waals surface area (Å²) >= 11 is 0. The minimum Gasteiger partial charge on any atom is -0.392 e. The highest BCUT2D eigenvalue weighted by Gasteiger charge is 2.24. The standard InChI is InChI=1S/C10H21NO/c1-10(2,3)11-7-5-4-6-9(12)8-11/h9,12H,4-8H2,1-3H3. The van der Waals surface area contributed by atoms with Gasteiger partial charge < -0.3 is 5.11 Å². The molecule has 1 aliphatic rings. The summed E-state index contributed by atoms with van der Waals surface area (Å²) in [6.07, 6.45) is 3.28. The Bertz CT molecular complexity index is 139. The lowest BCUT2D eigenvalue weighted by atomic mass is 10.1. The van der Waals surface area contributed by atoms with E-state index >= 15 is 0 Å². The fraction of sp³-hybridized carbons (Fsp3) is 1.00. The summed E-state index contributed by atoms with van der Waals surface area (Å²) in [5, 5.41) is 9.58. The first-order valence-corrected chi connectivity index (χ1v) is 4.93. The van der Waals surface area contributed by atoms with E-state index in [0.29, 0.717) is 0 Å². The van der Waals surface area contributed by atoms with Gasteiger partial charge in [-0.15, -0.1) is 0 Å². The van der Waals surface area contributed by atoms with Gasteiger partial charge in [-0.2, -0.15) is 0 Å². The van der Waals surface area contributed by atoms with E-state index in [1.54, 1.807) is 0 Å². The smallest absolute Gasteiger partial charge is 0.0667 e. The van der Waals surface area contributed by atoms with Crippen molar-refractivity contribution in [2.75, 3.05) is 13.1 Å². The van der Waals surface area contributed by atoms with Crippen LogP contribution >= 0.6 is 0 Å². The molecule has 0 aliphatic carbocycles. The average molecular weight is 171 g/mol. The maximum absolute atomic E-state index is 9.58. The first-order valence-electron chi connectivity index (χ1n) is 4.93. The van der Waals surface area contributed by atoms with Crippen molar-refractivity contribution in [1.29, 1.82) is 0 Å². The zero-order valence-electron chi connectivity index (χ0n) is 8.51. The number of hydrogen-bond donors (Lipinski definition) is 1. The summed E-state index contributed by atoms with van der Waals surface area (Å²) in [5.74, 6) is 0. The van der Waals surface area contributed by atoms with E-state index in [-0.39, 0.29) is 11.6 Å². The predicted molar refractivity (Wildman–Crippen MR) is 51.2 cm³/mol. The minimum atomic E-state index is -0.105. The number of aliphatic hydroxyl groups is 1. The molecule has 0 radical (unpaired) electrons. The first-order chi connectivity index (χ1) is 5.50. The molecule has 0 aromatic heterocycles. The van der Waals surface area contributed by atoms with Crippen LogP contribution in [-0.4, -0.2) is 34.7 Å². The number of aliphatic hydroxyl groups excluding tert-OH is 1. The molecule has 0 aromatic carbocycles. The van der Waals surface area contributed by atoms with Crippen LogP contribution in [0.25, 0.3) is 0 Å². The zero-order chi connectivity index (χ0) is 9.19. The van der Waals surface area contributed by atoms with Crippen LogP contribution in [0.1, 0.15) is 40.0 Å². The zero-order valence-corrected chi connectivity index (χ0v) is 8.51. The molecule has 0 spiro atoms. The lowest BCUT2D eigenvalue weighted by Gasteiger charge is -2.35. The average Bonchev–Trinajstić information content (AvgIpc) is 2.11. The normalized spacial score (nSPS) is 28.5. The molecule has 2 heteroatoms. The van der Waals surface area contributed by atoms with Crippen LogP contribution in [0.3, 0.4) is 0 Å². The van der Waals surface area contributed by atoms with Gasteiger partial charge >= 0.3 is 0 Å². The number of β-amino-alcohol motifs (C(OH)–C–C–N with tert-alkyl or cyclic N) is 1. The monoisotopic (exact) mass is 171 g/mol. The molecule has 72 valence electrons. The second-order valence-electron chi connectivity index (χ2n) is 4.77. The van der Waals surface area contributed by atoms with Crippen LogP contribution in [0.4, 0.5) is 0 Å². The molecule has 1 unspecified atom stereocenters. The number of nitrogens with zero attached hydrogens (tertiary/aromatic N) is 1. The molecule has 0 aromatic rings. The highest BCUT2D eigenvalue weighted by atomic mass is 16.3. The van der Waals surface area contributed by atoms with Crippen molar-refractivity contribution >= 4 is 0 Å². The summed E-state index contributed by atoms with van der Waals surface area (Å²) in [4.78, 5) is 2.38. The topological polar surface area (TPSA) is 23.5 Å². The maximum atomic E-state index is 9.58. The molecular formula is C10H21NO. The molecule has 1 saturated heterocycles. The van der Waals surface area contributed by atoms with E-state index in [2.05, 4.69) is 25.7 Å². The number of rotatable bonds is 0. The van der Waals surface area contributed by atoms with Crippen LogP contribution < -0.4 is 0 Å². The molecule has 1 fully saturated rings. The number of likely N-dealkylation sites (tertiary alicyclic amines) is 1. The van der Waals surface area contributed by atoms with Gasteiger partial charge in [0, 0.05) is 12.1 Å². The molecule has 2 nitrogen and oxygen atoms in total. The van der Waals surface area contributed by atoms with Crippen molar-refractivity contribution in [3.8, 4) is 0 Å². The molecule has 1 N–H and O–H groups in total. The van der Waals surface area contributed by atoms with Gasteiger partial charge in [0.2, 0.25) is 0 Å². The highest BCUT2D eigenvalue weighted by Crippen LogP contribution is 2.19. The Hall–Kier alpha value is -0.0800. The second kappa shape index (κ2) is 3.75. The van der Waals surface area contributed by atoms with Gasteiger partial charge in [-0.25, -0.2) is 0 Å². The largest absolute Gasteiger partial charge is 0.392 e. The fourth-order valence-corrected chi connectivity index (χ4v) is 1.73. The Kier molecular flexibility index (Phi) is 3.13. The SMILES string of the molecule is CC(C)(C)N1CCCCC(O)C1. The summed E-state index contributed by atoms with van der Waals surface area (Å²) < 4.78 is 0. The molecule has 12 heavy (non-hydrogen) atoms. The van der Waals surface area contributed by atoms with Crippen molar-refractivity contribution in [3.05, 3.63) is 0 Å². The van der Waals surface area contributed by atoms with Crippen LogP contribution in [0, 0.1) is 0 Å². The Morgan fingerprint density at radius 1 is 1.25 bits per heavy atom. The molecule has 1 heterocycles. The van der Waals surface area contributed by atoms with Crippen LogP contribution in [0.15, 0.2) is 0 Å². The van der Waals surface area contributed by atoms with E-state index < -0.39 is 0 Å². The minimum absolute atomic E-state index is 0.105. The van der Waals surface area contributed by atoms with Gasteiger partial charge in [0.1, 0.15) is 0 Å². The van der Waals surface area contributed by atoms with Crippen molar-refractivity contribution < 1.29 is 5.11 Å². The van der Waals surface area contributed by atoms with Crippen LogP contribution in [-0.2, 0) is 0 Å². The van der Waals surface area contributed by atoms with E-state index in [1.807, 2.05) is 0 Å². The van der Waals surface area contributed by atoms with Crippen LogP contribution in [0.5, 0.6) is 0 Å². The summed E-state index contributed by atoms with van der Waals surface area (Å²) in [6.45, 7) is 8.63. The highest BCUT2D eigenvalue weighted by molar-refractivity contribution is 4.80. The molecular weight excluding hydrogens is 150 g/mol. The third-order valence-electron chi connectivity index (χ3n) is 2.60. The van der Waals surface area contributed by atoms with Gasteiger partial charge in [0.15, 0.2) is 0 Å². The number of hydrogen-bond acceptors (Lipinski definition) is 2. The van der Waals surface area contributed by atoms with Gasteiger partial charge in [-0.3, -0.25) is 4.90 Å². The first kappa shape index (κ1) is 10.0. The van der Waals surface area contributed by atoms with Crippen molar-refractivity contribution in [1.82, 2.24) is 4.90 Å². The second-order valence-corrected chi connectivity index (χ2v) is 4.77. The summed E-state index contributed by atoms with van der Waals surface area (Å²) in [6, 6.07) is 0. The fourth-order valence-electron chi connectivity index (χ4n) is 1.73. The van der Waals surface area contributed by atoms with Gasteiger partial charge in [-0.05, 0) is 46.6 Å². The molecule has 1 aliphatic heterocycles. The van der Waals surface area contributed by atoms with Crippen molar-refractivity contribution in [2.24, 2.45) is 0 Å². The molecule has 0 saturated carbocycles. The Labute approximate surface area is 75.6 Å². The Morgan fingerprint density at radius 2 is 1.92 bits per heavy atom. The Balaban J connectivity index is 2.52. The van der Waals surface area contributed by atoms with Gasteiger partial charge in [-0.1, -0.05) is 0 Å². The molecule has 1 atom stereocenters. The van der Waals surface area contributed by atoms with E-state index in [9.17, 15) is 5.11 Å². The molecule has 0 amide bonds. The van der Waals surface area contributed by atoms with Gasteiger partial charge in [0.25, 0.3) is 0 Å². The van der Waals surface area contributed by atoms with Crippen LogP contribution in [0.2, 0.25) is 0 Å². The van der Waals surface area contributed by atoms with E-state index in [1.165, 1.54) is 12.8 Å². The Morgan fingerprint density at radius 3 is 2.50 bits per heavy atom. The molecule has 1 rings (SSSR count). The lowest BCUT2D eigenvalue weighted by Crippen LogP contribution is -2.44. The van der Waals surface area contributed by atoms with E-state index in [0.717, 1.165) is 19.5 Å². The molecule has 0 bridgehead atoms. The van der Waals surface area contributed by atoms with Gasteiger partial charge in [0.05, 0.1) is 6.10 Å². The van der Waals surface area contributed by atoms with E-state index in [4.69, 9.17) is 0 Å². The lowest BCUT2D eigenvalue weighted by molar-refractivity contribution is 0.0699. The third-order valence-corrected chi connectivity index (χ3v) is 2.60. The third kappa shape index (κ3) is 2.76. The predicted octanol–water partition coefficient (Wildman–Crippen LogP) is 1.63. The van der Waals surface area contributed by atoms with Crippen molar-refractivity contribution in [2.45, 2.75) is 51.7 Å². The maximum Gasteiger partial charge on any atom is 0.0667 e.